The molecule has 0 saturated heterocycles. The van der Waals surface area contributed by atoms with Crippen molar-refractivity contribution < 1.29 is 9.47 Å². The Morgan fingerprint density at radius 1 is 1.25 bits per heavy atom. The number of ether oxygens (including phenoxy) is 2. The summed E-state index contributed by atoms with van der Waals surface area (Å²) in [6.07, 6.45) is -0.205. The van der Waals surface area contributed by atoms with E-state index >= 15 is 0 Å². The van der Waals surface area contributed by atoms with E-state index in [2.05, 4.69) is 34.6 Å². The van der Waals surface area contributed by atoms with Crippen molar-refractivity contribution in [1.29, 1.82) is 0 Å². The maximum atomic E-state index is 5.50. The third-order valence-corrected chi connectivity index (χ3v) is 3.88. The van der Waals surface area contributed by atoms with E-state index in [-0.39, 0.29) is 6.29 Å². The highest BCUT2D eigenvalue weighted by Crippen LogP contribution is 2.16. The number of hydrogen-bond donors (Lipinski definition) is 0. The van der Waals surface area contributed by atoms with Gasteiger partial charge in [0.05, 0.1) is 15.8 Å². The number of halogens is 1. The van der Waals surface area contributed by atoms with Gasteiger partial charge in [-0.3, -0.25) is 4.68 Å². The second-order valence-corrected chi connectivity index (χ2v) is 4.59. The van der Waals surface area contributed by atoms with Gasteiger partial charge in [0.1, 0.15) is 0 Å². The number of nitrogens with zero attached hydrogens (tertiary/aromatic N) is 2. The number of rotatable bonds is 6. The molecule has 0 bridgehead atoms. The van der Waals surface area contributed by atoms with E-state index in [1.54, 1.807) is 0 Å². The van der Waals surface area contributed by atoms with Gasteiger partial charge in [0.15, 0.2) is 6.29 Å². The first-order valence-electron chi connectivity index (χ1n) is 5.52. The van der Waals surface area contributed by atoms with Crippen LogP contribution in [0.4, 0.5) is 0 Å². The monoisotopic (exact) mass is 338 g/mol. The standard InChI is InChI=1S/C11H19IN2O2/c1-5-15-10(16-6-2)7-14-9(4)11(12)8(3)13-14/h10H,5-7H2,1-4H3. The molecule has 0 aromatic carbocycles. The second-order valence-electron chi connectivity index (χ2n) is 3.51. The van der Waals surface area contributed by atoms with Gasteiger partial charge < -0.3 is 9.47 Å². The SMILES string of the molecule is CCOC(Cn1nc(C)c(I)c1C)OCC. The molecule has 1 aromatic heterocycles. The van der Waals surface area contributed by atoms with Crippen molar-refractivity contribution in [3.05, 3.63) is 15.0 Å². The smallest absolute Gasteiger partial charge is 0.176 e. The fraction of sp³-hybridized carbons (Fsp3) is 0.727. The molecule has 92 valence electrons. The fourth-order valence-corrected chi connectivity index (χ4v) is 1.91. The van der Waals surface area contributed by atoms with Crippen LogP contribution < -0.4 is 0 Å². The van der Waals surface area contributed by atoms with Crippen LogP contribution in [0.15, 0.2) is 0 Å². The van der Waals surface area contributed by atoms with Gasteiger partial charge >= 0.3 is 0 Å². The zero-order valence-electron chi connectivity index (χ0n) is 10.3. The van der Waals surface area contributed by atoms with Gasteiger partial charge in [-0.1, -0.05) is 0 Å². The average Bonchev–Trinajstić information content (AvgIpc) is 2.47. The lowest BCUT2D eigenvalue weighted by atomic mass is 10.4. The Bertz CT molecular complexity index is 333. The molecule has 16 heavy (non-hydrogen) atoms. The first kappa shape index (κ1) is 13.9. The molecule has 0 N–H and O–H groups in total. The van der Waals surface area contributed by atoms with Crippen molar-refractivity contribution in [2.24, 2.45) is 0 Å². The summed E-state index contributed by atoms with van der Waals surface area (Å²) in [6.45, 7) is 9.98. The summed E-state index contributed by atoms with van der Waals surface area (Å²) in [5.74, 6) is 0. The third kappa shape index (κ3) is 3.43. The Morgan fingerprint density at radius 3 is 2.19 bits per heavy atom. The molecule has 0 fully saturated rings. The number of aryl methyl sites for hydroxylation is 1. The van der Waals surface area contributed by atoms with Crippen LogP contribution in [-0.4, -0.2) is 29.3 Å². The highest BCUT2D eigenvalue weighted by atomic mass is 127. The van der Waals surface area contributed by atoms with Crippen LogP contribution in [0.1, 0.15) is 25.2 Å². The zero-order valence-corrected chi connectivity index (χ0v) is 12.4. The summed E-state index contributed by atoms with van der Waals surface area (Å²) in [6, 6.07) is 0. The van der Waals surface area contributed by atoms with E-state index in [9.17, 15) is 0 Å². The molecule has 0 spiro atoms. The van der Waals surface area contributed by atoms with Gasteiger partial charge in [-0.05, 0) is 50.3 Å². The van der Waals surface area contributed by atoms with Crippen LogP contribution in [0.5, 0.6) is 0 Å². The molecule has 0 amide bonds. The molecule has 0 atom stereocenters. The molecule has 1 heterocycles. The van der Waals surface area contributed by atoms with Crippen LogP contribution in [0, 0.1) is 17.4 Å². The minimum absolute atomic E-state index is 0.205. The number of aromatic nitrogens is 2. The molecule has 0 aliphatic carbocycles. The van der Waals surface area contributed by atoms with E-state index < -0.39 is 0 Å². The predicted octanol–water partition coefficient (Wildman–Crippen LogP) is 2.50. The molecule has 0 radical (unpaired) electrons. The summed E-state index contributed by atoms with van der Waals surface area (Å²) < 4.78 is 14.2. The van der Waals surface area contributed by atoms with Crippen molar-refractivity contribution in [2.45, 2.75) is 40.5 Å². The number of hydrogen-bond acceptors (Lipinski definition) is 3. The second kappa shape index (κ2) is 6.56. The fourth-order valence-electron chi connectivity index (χ4n) is 1.52. The predicted molar refractivity (Wildman–Crippen MR) is 71.5 cm³/mol. The quantitative estimate of drug-likeness (QED) is 0.591. The lowest BCUT2D eigenvalue weighted by Crippen LogP contribution is -2.25. The van der Waals surface area contributed by atoms with Gasteiger partial charge in [-0.15, -0.1) is 0 Å². The van der Waals surface area contributed by atoms with Crippen molar-refractivity contribution in [1.82, 2.24) is 9.78 Å². The normalized spacial score (nSPS) is 11.4. The molecular weight excluding hydrogens is 319 g/mol. The van der Waals surface area contributed by atoms with Crippen molar-refractivity contribution in [3.8, 4) is 0 Å². The molecule has 5 heteroatoms. The third-order valence-electron chi connectivity index (χ3n) is 2.32. The van der Waals surface area contributed by atoms with Crippen molar-refractivity contribution >= 4 is 22.6 Å². The Hall–Kier alpha value is -0.140. The van der Waals surface area contributed by atoms with Gasteiger partial charge in [0.25, 0.3) is 0 Å². The first-order valence-corrected chi connectivity index (χ1v) is 6.60. The highest BCUT2D eigenvalue weighted by Gasteiger charge is 2.14. The van der Waals surface area contributed by atoms with E-state index in [1.165, 1.54) is 9.26 Å². The van der Waals surface area contributed by atoms with Gasteiger partial charge in [-0.2, -0.15) is 5.10 Å². The molecular formula is C11H19IN2O2. The van der Waals surface area contributed by atoms with Crippen LogP contribution in [-0.2, 0) is 16.0 Å². The Labute approximate surface area is 110 Å². The molecule has 0 unspecified atom stereocenters. The molecule has 1 rings (SSSR count). The van der Waals surface area contributed by atoms with E-state index in [0.717, 1.165) is 5.69 Å². The van der Waals surface area contributed by atoms with Gasteiger partial charge in [-0.25, -0.2) is 0 Å². The van der Waals surface area contributed by atoms with Crippen molar-refractivity contribution in [3.63, 3.8) is 0 Å². The van der Waals surface area contributed by atoms with Crippen LogP contribution in [0.25, 0.3) is 0 Å². The van der Waals surface area contributed by atoms with Crippen LogP contribution in [0.2, 0.25) is 0 Å². The Morgan fingerprint density at radius 2 is 1.81 bits per heavy atom. The van der Waals surface area contributed by atoms with Crippen LogP contribution in [0.3, 0.4) is 0 Å². The average molecular weight is 338 g/mol. The van der Waals surface area contributed by atoms with E-state index in [0.29, 0.717) is 19.8 Å². The largest absolute Gasteiger partial charge is 0.351 e. The topological polar surface area (TPSA) is 36.3 Å². The summed E-state index contributed by atoms with van der Waals surface area (Å²) in [7, 11) is 0. The molecule has 0 saturated carbocycles. The summed E-state index contributed by atoms with van der Waals surface area (Å²) >= 11 is 2.31. The Kier molecular flexibility index (Phi) is 5.71. The molecule has 4 nitrogen and oxygen atoms in total. The maximum absolute atomic E-state index is 5.50. The van der Waals surface area contributed by atoms with Gasteiger partial charge in [0.2, 0.25) is 0 Å². The minimum Gasteiger partial charge on any atom is -0.351 e. The minimum atomic E-state index is -0.205. The Balaban J connectivity index is 2.72. The molecule has 0 aliphatic rings. The molecule has 1 aromatic rings. The lowest BCUT2D eigenvalue weighted by Gasteiger charge is -2.17. The van der Waals surface area contributed by atoms with Crippen LogP contribution >= 0.6 is 22.6 Å². The summed E-state index contributed by atoms with van der Waals surface area (Å²) in [4.78, 5) is 0. The zero-order chi connectivity index (χ0) is 12.1. The highest BCUT2D eigenvalue weighted by molar-refractivity contribution is 14.1. The van der Waals surface area contributed by atoms with E-state index in [4.69, 9.17) is 9.47 Å². The maximum Gasteiger partial charge on any atom is 0.176 e. The van der Waals surface area contributed by atoms with Gasteiger partial charge in [0, 0.05) is 18.9 Å². The van der Waals surface area contributed by atoms with E-state index in [1.807, 2.05) is 25.5 Å². The summed E-state index contributed by atoms with van der Waals surface area (Å²) in [5.41, 5.74) is 2.23. The molecule has 0 aliphatic heterocycles. The lowest BCUT2D eigenvalue weighted by molar-refractivity contribution is -0.145. The summed E-state index contributed by atoms with van der Waals surface area (Å²) in [5, 5.41) is 4.46. The first-order chi connectivity index (χ1) is 7.60. The van der Waals surface area contributed by atoms with Crippen molar-refractivity contribution in [2.75, 3.05) is 13.2 Å².